The van der Waals surface area contributed by atoms with E-state index in [0.717, 1.165) is 11.3 Å². The van der Waals surface area contributed by atoms with Crippen LogP contribution in [-0.4, -0.2) is 17.0 Å². The van der Waals surface area contributed by atoms with E-state index in [9.17, 15) is 9.90 Å². The van der Waals surface area contributed by atoms with Gasteiger partial charge in [-0.25, -0.2) is 0 Å². The third-order valence-corrected chi connectivity index (χ3v) is 2.61. The zero-order chi connectivity index (χ0) is 9.59. The molecule has 0 unspecified atom stereocenters. The van der Waals surface area contributed by atoms with Crippen molar-refractivity contribution in [3.8, 4) is 0 Å². The van der Waals surface area contributed by atoms with Gasteiger partial charge in [0.1, 0.15) is 11.9 Å². The van der Waals surface area contributed by atoms with Crippen molar-refractivity contribution in [3.63, 3.8) is 0 Å². The number of carbonyl (C=O) groups is 1. The molecule has 0 aliphatic heterocycles. The van der Waals surface area contributed by atoms with Crippen LogP contribution >= 0.6 is 0 Å². The normalized spacial score (nSPS) is 27.5. The zero-order valence-corrected chi connectivity index (χ0v) is 7.70. The number of carbonyl (C=O) groups excluding carboxylic acids is 1. The highest BCUT2D eigenvalue weighted by Gasteiger charge is 2.34. The van der Waals surface area contributed by atoms with Crippen molar-refractivity contribution in [1.29, 1.82) is 0 Å². The highest BCUT2D eigenvalue weighted by molar-refractivity contribution is 6.02. The van der Waals surface area contributed by atoms with Gasteiger partial charge in [-0.1, -0.05) is 6.92 Å². The second-order valence-corrected chi connectivity index (χ2v) is 3.71. The van der Waals surface area contributed by atoms with Gasteiger partial charge < -0.3 is 9.52 Å². The number of hydrogen-bond acceptors (Lipinski definition) is 3. The summed E-state index contributed by atoms with van der Waals surface area (Å²) in [5, 5.41) is 9.54. The summed E-state index contributed by atoms with van der Waals surface area (Å²) >= 11 is 0. The van der Waals surface area contributed by atoms with Crippen molar-refractivity contribution in [2.75, 3.05) is 0 Å². The van der Waals surface area contributed by atoms with Crippen LogP contribution < -0.4 is 0 Å². The van der Waals surface area contributed by atoms with Gasteiger partial charge in [-0.2, -0.15) is 0 Å². The lowest BCUT2D eigenvalue weighted by atomic mass is 9.85. The first-order valence-electron chi connectivity index (χ1n) is 4.40. The molecule has 1 heterocycles. The van der Waals surface area contributed by atoms with Gasteiger partial charge in [0, 0.05) is 6.42 Å². The molecule has 0 radical (unpaired) electrons. The second-order valence-electron chi connectivity index (χ2n) is 3.71. The van der Waals surface area contributed by atoms with Gasteiger partial charge in [0.05, 0.1) is 11.8 Å². The van der Waals surface area contributed by atoms with Crippen LogP contribution in [0.1, 0.15) is 28.6 Å². The van der Waals surface area contributed by atoms with E-state index in [1.54, 1.807) is 6.26 Å². The van der Waals surface area contributed by atoms with Crippen molar-refractivity contribution in [2.24, 2.45) is 5.92 Å². The minimum atomic E-state index is -0.858. The van der Waals surface area contributed by atoms with E-state index in [2.05, 4.69) is 0 Å². The first-order chi connectivity index (χ1) is 6.11. The SMILES string of the molecule is Cc1coc2c1C(=O)[C@@H](O)[C@@H](C)C2. The third-order valence-electron chi connectivity index (χ3n) is 2.61. The van der Waals surface area contributed by atoms with Crippen molar-refractivity contribution in [2.45, 2.75) is 26.4 Å². The fourth-order valence-electron chi connectivity index (χ4n) is 1.79. The van der Waals surface area contributed by atoms with E-state index >= 15 is 0 Å². The number of rotatable bonds is 0. The van der Waals surface area contributed by atoms with Gasteiger partial charge in [-0.3, -0.25) is 4.79 Å². The van der Waals surface area contributed by atoms with E-state index < -0.39 is 6.10 Å². The largest absolute Gasteiger partial charge is 0.468 e. The molecule has 0 amide bonds. The lowest BCUT2D eigenvalue weighted by Crippen LogP contribution is -2.34. The molecule has 2 atom stereocenters. The number of aliphatic hydroxyl groups excluding tert-OH is 1. The summed E-state index contributed by atoms with van der Waals surface area (Å²) in [6.07, 6.45) is 1.37. The predicted octanol–water partition coefficient (Wildman–Crippen LogP) is 1.32. The van der Waals surface area contributed by atoms with E-state index in [0.29, 0.717) is 12.0 Å². The Morgan fingerprint density at radius 1 is 1.62 bits per heavy atom. The Balaban J connectivity index is 2.52. The number of furan rings is 1. The lowest BCUT2D eigenvalue weighted by Gasteiger charge is -2.22. The minimum absolute atomic E-state index is 0.0365. The maximum absolute atomic E-state index is 11.6. The lowest BCUT2D eigenvalue weighted by molar-refractivity contribution is 0.0582. The Labute approximate surface area is 76.4 Å². The maximum Gasteiger partial charge on any atom is 0.195 e. The molecule has 0 fully saturated rings. The van der Waals surface area contributed by atoms with E-state index in [1.165, 1.54) is 0 Å². The molecule has 3 heteroatoms. The molecule has 2 rings (SSSR count). The zero-order valence-electron chi connectivity index (χ0n) is 7.70. The van der Waals surface area contributed by atoms with E-state index in [1.807, 2.05) is 13.8 Å². The van der Waals surface area contributed by atoms with Gasteiger partial charge in [0.2, 0.25) is 0 Å². The highest BCUT2D eigenvalue weighted by atomic mass is 16.3. The van der Waals surface area contributed by atoms with Crippen LogP contribution in [0.4, 0.5) is 0 Å². The summed E-state index contributed by atoms with van der Waals surface area (Å²) < 4.78 is 5.24. The van der Waals surface area contributed by atoms with Gasteiger partial charge in [0.15, 0.2) is 5.78 Å². The molecule has 1 aliphatic rings. The monoisotopic (exact) mass is 180 g/mol. The van der Waals surface area contributed by atoms with Crippen LogP contribution in [0.15, 0.2) is 10.7 Å². The Morgan fingerprint density at radius 3 is 3.00 bits per heavy atom. The molecular formula is C10H12O3. The van der Waals surface area contributed by atoms with Gasteiger partial charge in [-0.05, 0) is 18.4 Å². The number of fused-ring (bicyclic) bond motifs is 1. The van der Waals surface area contributed by atoms with Crippen LogP contribution in [0.3, 0.4) is 0 Å². The molecule has 1 aromatic heterocycles. The molecule has 1 aliphatic carbocycles. The fourth-order valence-corrected chi connectivity index (χ4v) is 1.79. The number of Topliss-reactive ketones (excluding diaryl/α,β-unsaturated/α-hetero) is 1. The molecule has 1 aromatic rings. The Hall–Kier alpha value is -1.09. The molecular weight excluding hydrogens is 168 g/mol. The van der Waals surface area contributed by atoms with Gasteiger partial charge in [0.25, 0.3) is 0 Å². The Bertz CT molecular complexity index is 351. The maximum atomic E-state index is 11.6. The minimum Gasteiger partial charge on any atom is -0.468 e. The summed E-state index contributed by atoms with van der Waals surface area (Å²) in [6.45, 7) is 3.67. The standard InChI is InChI=1S/C10H12O3/c1-5-3-7-8(6(2)4-13-7)10(12)9(5)11/h4-5,9,11H,3H2,1-2H3/t5-,9-/m0/s1. The average Bonchev–Trinajstić information content (AvgIpc) is 2.43. The van der Waals surface area contributed by atoms with Crippen molar-refractivity contribution in [1.82, 2.24) is 0 Å². The summed E-state index contributed by atoms with van der Waals surface area (Å²) in [6, 6.07) is 0. The van der Waals surface area contributed by atoms with E-state index in [-0.39, 0.29) is 11.7 Å². The summed E-state index contributed by atoms with van der Waals surface area (Å²) in [5.74, 6) is 0.492. The highest BCUT2D eigenvalue weighted by Crippen LogP contribution is 2.28. The second kappa shape index (κ2) is 2.70. The van der Waals surface area contributed by atoms with Crippen molar-refractivity contribution in [3.05, 3.63) is 23.2 Å². The van der Waals surface area contributed by atoms with Crippen molar-refractivity contribution >= 4 is 5.78 Å². The summed E-state index contributed by atoms with van der Waals surface area (Å²) in [5.41, 5.74) is 1.41. The first kappa shape index (κ1) is 8.51. The molecule has 0 spiro atoms. The topological polar surface area (TPSA) is 50.4 Å². The smallest absolute Gasteiger partial charge is 0.195 e. The van der Waals surface area contributed by atoms with Crippen LogP contribution in [0.5, 0.6) is 0 Å². The molecule has 0 aromatic carbocycles. The Morgan fingerprint density at radius 2 is 2.31 bits per heavy atom. The molecule has 1 N–H and O–H groups in total. The molecule has 0 saturated heterocycles. The Kier molecular flexibility index (Phi) is 1.77. The first-order valence-corrected chi connectivity index (χ1v) is 4.40. The van der Waals surface area contributed by atoms with Crippen LogP contribution in [-0.2, 0) is 6.42 Å². The van der Waals surface area contributed by atoms with E-state index in [4.69, 9.17) is 4.42 Å². The summed E-state index contributed by atoms with van der Waals surface area (Å²) in [7, 11) is 0. The van der Waals surface area contributed by atoms with Crippen molar-refractivity contribution < 1.29 is 14.3 Å². The van der Waals surface area contributed by atoms with Gasteiger partial charge in [-0.15, -0.1) is 0 Å². The molecule has 3 nitrogen and oxygen atoms in total. The molecule has 0 bridgehead atoms. The summed E-state index contributed by atoms with van der Waals surface area (Å²) in [4.78, 5) is 11.6. The van der Waals surface area contributed by atoms with Crippen LogP contribution in [0, 0.1) is 12.8 Å². The number of ketones is 1. The molecule has 70 valence electrons. The fraction of sp³-hybridized carbons (Fsp3) is 0.500. The quantitative estimate of drug-likeness (QED) is 0.655. The van der Waals surface area contributed by atoms with Crippen LogP contribution in [0.2, 0.25) is 0 Å². The third kappa shape index (κ3) is 1.11. The number of aryl methyl sites for hydroxylation is 1. The predicted molar refractivity (Wildman–Crippen MR) is 46.7 cm³/mol. The van der Waals surface area contributed by atoms with Crippen LogP contribution in [0.25, 0.3) is 0 Å². The average molecular weight is 180 g/mol. The molecule has 0 saturated carbocycles. The molecule has 13 heavy (non-hydrogen) atoms. The number of aliphatic hydroxyl groups is 1. The number of hydrogen-bond donors (Lipinski definition) is 1. The van der Waals surface area contributed by atoms with Gasteiger partial charge >= 0.3 is 0 Å².